The van der Waals surface area contributed by atoms with Gasteiger partial charge in [0.2, 0.25) is 17.7 Å². The second-order valence-corrected chi connectivity index (χ2v) is 13.8. The number of rotatable bonds is 16. The van der Waals surface area contributed by atoms with Gasteiger partial charge in [-0.2, -0.15) is 0 Å². The average molecular weight is 718 g/mol. The number of carbonyl (C=O) groups excluding carboxylic acids is 4. The fourth-order valence-electron chi connectivity index (χ4n) is 7.80. The lowest BCUT2D eigenvalue weighted by Gasteiger charge is -2.36. The summed E-state index contributed by atoms with van der Waals surface area (Å²) in [7, 11) is 3.27. The molecule has 0 radical (unpaired) electrons. The Kier molecular flexibility index (Phi) is 11.3. The molecule has 276 valence electrons. The summed E-state index contributed by atoms with van der Waals surface area (Å²) < 4.78 is 18.3. The van der Waals surface area contributed by atoms with E-state index in [0.29, 0.717) is 24.3 Å². The quantitative estimate of drug-likeness (QED) is 0.139. The molecule has 3 aromatic rings. The van der Waals surface area contributed by atoms with Crippen molar-refractivity contribution in [2.24, 2.45) is 11.8 Å². The zero-order chi connectivity index (χ0) is 37.7. The number of likely N-dealkylation sites (tertiary alicyclic amines) is 1. The minimum absolute atomic E-state index is 0.107. The fraction of sp³-hybridized carbons (Fsp3) is 0.349. The molecule has 0 N–H and O–H groups in total. The normalized spacial score (nSPS) is 23.5. The molecule has 53 heavy (non-hydrogen) atoms. The maximum atomic E-state index is 14.8. The molecular formula is C43H47N3O7. The van der Waals surface area contributed by atoms with E-state index in [2.05, 4.69) is 13.2 Å². The topological polar surface area (TPSA) is 106 Å². The number of hydrogen-bond donors (Lipinski definition) is 0. The molecule has 2 bridgehead atoms. The van der Waals surface area contributed by atoms with Gasteiger partial charge in [-0.05, 0) is 42.2 Å². The molecule has 1 spiro atoms. The number of benzene rings is 3. The summed E-state index contributed by atoms with van der Waals surface area (Å²) >= 11 is 0. The standard InChI is InChI=1S/C43H47N3O7/c1-6-8-19-35(47)44(4)29(3)38(32-17-13-10-14-18-32)52-42(50)36-34-24-25-43(53-34)37(36)40(48)46(28-31-20-22-33(51-5)23-21-31)39(43)41(49)45(26-7-2)27-30-15-11-9-12-16-30/h6-7,9-18,20-25,29,34,36-39H,1-2,8,19,26-28H2,3-5H3/t29-,34-,36+,37+,38+,39-,43+/m1/s1. The van der Waals surface area contributed by atoms with Crippen LogP contribution in [0.1, 0.15) is 42.6 Å². The van der Waals surface area contributed by atoms with Crippen LogP contribution >= 0.6 is 0 Å². The van der Waals surface area contributed by atoms with Crippen LogP contribution in [-0.2, 0) is 41.7 Å². The van der Waals surface area contributed by atoms with Crippen molar-refractivity contribution in [2.75, 3.05) is 20.7 Å². The predicted octanol–water partition coefficient (Wildman–Crippen LogP) is 5.66. The molecule has 0 unspecified atom stereocenters. The summed E-state index contributed by atoms with van der Waals surface area (Å²) in [4.78, 5) is 62.0. The number of nitrogens with zero attached hydrogens (tertiary/aromatic N) is 3. The van der Waals surface area contributed by atoms with Crippen LogP contribution in [0.15, 0.2) is 122 Å². The third-order valence-corrected chi connectivity index (χ3v) is 10.6. The lowest BCUT2D eigenvalue weighted by Crippen LogP contribution is -2.55. The van der Waals surface area contributed by atoms with Crippen molar-refractivity contribution in [1.82, 2.24) is 14.7 Å². The average Bonchev–Trinajstić information content (AvgIpc) is 3.83. The Morgan fingerprint density at radius 3 is 2.28 bits per heavy atom. The number of allylic oxidation sites excluding steroid dienone is 1. The van der Waals surface area contributed by atoms with Gasteiger partial charge in [0, 0.05) is 33.1 Å². The smallest absolute Gasteiger partial charge is 0.313 e. The Morgan fingerprint density at radius 2 is 1.64 bits per heavy atom. The predicted molar refractivity (Wildman–Crippen MR) is 200 cm³/mol. The number of amides is 3. The summed E-state index contributed by atoms with van der Waals surface area (Å²) in [5.74, 6) is -2.80. The van der Waals surface area contributed by atoms with Crippen LogP contribution < -0.4 is 4.74 Å². The van der Waals surface area contributed by atoms with Crippen molar-refractivity contribution < 1.29 is 33.4 Å². The van der Waals surface area contributed by atoms with Crippen LogP contribution in [0.5, 0.6) is 5.75 Å². The molecule has 6 rings (SSSR count). The molecule has 3 aromatic carbocycles. The molecule has 0 saturated carbocycles. The van der Waals surface area contributed by atoms with Gasteiger partial charge in [-0.1, -0.05) is 97.1 Å². The lowest BCUT2D eigenvalue weighted by molar-refractivity contribution is -0.164. The Balaban J connectivity index is 1.35. The molecular weight excluding hydrogens is 670 g/mol. The third-order valence-electron chi connectivity index (χ3n) is 10.6. The molecule has 3 aliphatic heterocycles. The summed E-state index contributed by atoms with van der Waals surface area (Å²) in [6, 6.07) is 24.6. The molecule has 10 nitrogen and oxygen atoms in total. The Bertz CT molecular complexity index is 1850. The molecule has 3 amide bonds. The molecule has 3 heterocycles. The van der Waals surface area contributed by atoms with E-state index in [4.69, 9.17) is 14.2 Å². The summed E-state index contributed by atoms with van der Waals surface area (Å²) in [6.07, 6.45) is 6.09. The zero-order valence-corrected chi connectivity index (χ0v) is 30.5. The molecule has 2 saturated heterocycles. The Morgan fingerprint density at radius 1 is 0.962 bits per heavy atom. The first kappa shape index (κ1) is 37.3. The maximum Gasteiger partial charge on any atom is 0.313 e. The van der Waals surface area contributed by atoms with Crippen LogP contribution in [0.25, 0.3) is 0 Å². The van der Waals surface area contributed by atoms with Crippen LogP contribution in [-0.4, -0.2) is 82.9 Å². The van der Waals surface area contributed by atoms with Gasteiger partial charge in [0.05, 0.1) is 25.2 Å². The van der Waals surface area contributed by atoms with Crippen LogP contribution in [0, 0.1) is 11.8 Å². The van der Waals surface area contributed by atoms with E-state index in [0.717, 1.165) is 11.1 Å². The lowest BCUT2D eigenvalue weighted by atomic mass is 9.74. The minimum Gasteiger partial charge on any atom is -0.497 e. The van der Waals surface area contributed by atoms with Crippen LogP contribution in [0.4, 0.5) is 0 Å². The number of esters is 1. The SMILES string of the molecule is C=CCCC(=O)N(C)[C@H](C)[C@H](OC(=O)[C@@H]1[C@H]2C(=O)N(Cc3ccc(OC)cc3)[C@H](C(=O)N(CC=C)Cc3ccccc3)[C@]23C=C[C@H]1O3)c1ccccc1. The fourth-order valence-corrected chi connectivity index (χ4v) is 7.80. The van der Waals surface area contributed by atoms with Gasteiger partial charge >= 0.3 is 5.97 Å². The highest BCUT2D eigenvalue weighted by Gasteiger charge is 2.73. The summed E-state index contributed by atoms with van der Waals surface area (Å²) in [5.41, 5.74) is 1.01. The number of carbonyl (C=O) groups is 4. The molecule has 7 atom stereocenters. The Labute approximate surface area is 311 Å². The first-order valence-corrected chi connectivity index (χ1v) is 18.0. The van der Waals surface area contributed by atoms with E-state index >= 15 is 0 Å². The van der Waals surface area contributed by atoms with E-state index in [1.807, 2.05) is 79.7 Å². The summed E-state index contributed by atoms with van der Waals surface area (Å²) in [6.45, 7) is 10.1. The van der Waals surface area contributed by atoms with E-state index < -0.39 is 47.7 Å². The van der Waals surface area contributed by atoms with Gasteiger partial charge in [-0.15, -0.1) is 13.2 Å². The van der Waals surface area contributed by atoms with Crippen molar-refractivity contribution in [3.8, 4) is 5.75 Å². The van der Waals surface area contributed by atoms with Gasteiger partial charge in [0.25, 0.3) is 0 Å². The van der Waals surface area contributed by atoms with Crippen molar-refractivity contribution in [3.63, 3.8) is 0 Å². The van der Waals surface area contributed by atoms with E-state index in [-0.39, 0.29) is 37.2 Å². The van der Waals surface area contributed by atoms with Gasteiger partial charge in [0.1, 0.15) is 29.4 Å². The molecule has 3 aliphatic rings. The van der Waals surface area contributed by atoms with Gasteiger partial charge in [-0.3, -0.25) is 19.2 Å². The van der Waals surface area contributed by atoms with Crippen molar-refractivity contribution >= 4 is 23.7 Å². The van der Waals surface area contributed by atoms with Gasteiger partial charge < -0.3 is 28.9 Å². The monoisotopic (exact) mass is 717 g/mol. The highest BCUT2D eigenvalue weighted by atomic mass is 16.6. The van der Waals surface area contributed by atoms with Crippen LogP contribution in [0.3, 0.4) is 0 Å². The molecule has 0 aliphatic carbocycles. The highest BCUT2D eigenvalue weighted by molar-refractivity contribution is 5.99. The Hall–Kier alpha value is -5.48. The van der Waals surface area contributed by atoms with Crippen LogP contribution in [0.2, 0.25) is 0 Å². The summed E-state index contributed by atoms with van der Waals surface area (Å²) in [5, 5.41) is 0. The van der Waals surface area contributed by atoms with Crippen molar-refractivity contribution in [3.05, 3.63) is 139 Å². The number of methoxy groups -OCH3 is 1. The van der Waals surface area contributed by atoms with Crippen molar-refractivity contribution in [1.29, 1.82) is 0 Å². The second kappa shape index (κ2) is 16.0. The molecule has 2 fully saturated rings. The third kappa shape index (κ3) is 7.28. The number of ether oxygens (including phenoxy) is 3. The number of hydrogen-bond acceptors (Lipinski definition) is 7. The zero-order valence-electron chi connectivity index (χ0n) is 30.5. The molecule has 10 heteroatoms. The van der Waals surface area contributed by atoms with Crippen molar-refractivity contribution in [2.45, 2.75) is 62.7 Å². The minimum atomic E-state index is -1.41. The van der Waals surface area contributed by atoms with Gasteiger partial charge in [0.15, 0.2) is 0 Å². The number of likely N-dealkylation sites (N-methyl/N-ethyl adjacent to an activating group) is 1. The first-order valence-electron chi connectivity index (χ1n) is 18.0. The first-order chi connectivity index (χ1) is 25.6. The number of fused-ring (bicyclic) bond motifs is 1. The maximum absolute atomic E-state index is 14.8. The second-order valence-electron chi connectivity index (χ2n) is 13.8. The van der Waals surface area contributed by atoms with Gasteiger partial charge in [-0.25, -0.2) is 0 Å². The largest absolute Gasteiger partial charge is 0.497 e. The highest BCUT2D eigenvalue weighted by Crippen LogP contribution is 2.56. The van der Waals surface area contributed by atoms with E-state index in [1.165, 1.54) is 0 Å². The van der Waals surface area contributed by atoms with E-state index in [9.17, 15) is 19.2 Å². The van der Waals surface area contributed by atoms with E-state index in [1.54, 1.807) is 65.3 Å². The molecule has 0 aromatic heterocycles.